The van der Waals surface area contributed by atoms with Gasteiger partial charge in [-0.15, -0.1) is 0 Å². The molecule has 2 atom stereocenters. The van der Waals surface area contributed by atoms with E-state index in [4.69, 9.17) is 9.47 Å². The fraction of sp³-hybridized carbons (Fsp3) is 0.304. The molecule has 5 nitrogen and oxygen atoms in total. The first-order valence-electron chi connectivity index (χ1n) is 9.80. The molecule has 1 fully saturated rings. The molecular weight excluding hydrogens is 352 g/mol. The number of nitrogens with zero attached hydrogens (tertiary/aromatic N) is 1. The van der Waals surface area contributed by atoms with Crippen molar-refractivity contribution in [3.63, 3.8) is 0 Å². The van der Waals surface area contributed by atoms with Gasteiger partial charge in [0.05, 0.1) is 6.54 Å². The van der Waals surface area contributed by atoms with Crippen LogP contribution in [-0.4, -0.2) is 36.3 Å². The zero-order valence-electron chi connectivity index (χ0n) is 15.6. The molecule has 3 heterocycles. The number of pyridine rings is 1. The Morgan fingerprint density at radius 2 is 2.14 bits per heavy atom. The molecule has 3 aromatic rings. The summed E-state index contributed by atoms with van der Waals surface area (Å²) in [5.74, 6) is 0.890. The summed E-state index contributed by atoms with van der Waals surface area (Å²) in [6.07, 6.45) is 5.89. The average Bonchev–Trinajstić information content (AvgIpc) is 3.42. The van der Waals surface area contributed by atoms with E-state index in [0.717, 1.165) is 36.1 Å². The van der Waals surface area contributed by atoms with E-state index in [2.05, 4.69) is 40.6 Å². The molecule has 5 rings (SSSR count). The van der Waals surface area contributed by atoms with E-state index in [1.807, 2.05) is 18.3 Å². The highest BCUT2D eigenvalue weighted by atomic mass is 16.5. The van der Waals surface area contributed by atoms with Gasteiger partial charge in [0.1, 0.15) is 18.0 Å². The normalized spacial score (nSPS) is 20.7. The van der Waals surface area contributed by atoms with Gasteiger partial charge >= 0.3 is 0 Å². The first-order valence-corrected chi connectivity index (χ1v) is 9.80. The summed E-state index contributed by atoms with van der Waals surface area (Å²) in [6, 6.07) is 14.6. The summed E-state index contributed by atoms with van der Waals surface area (Å²) >= 11 is 0. The number of rotatable bonds is 4. The molecule has 142 valence electrons. The molecule has 0 bridgehead atoms. The first-order chi connectivity index (χ1) is 13.8. The highest BCUT2D eigenvalue weighted by Crippen LogP contribution is 2.36. The smallest absolute Gasteiger partial charge is 0.249 e. The van der Waals surface area contributed by atoms with Crippen molar-refractivity contribution in [3.05, 3.63) is 60.4 Å². The lowest BCUT2D eigenvalue weighted by atomic mass is 9.97. The molecule has 0 spiro atoms. The summed E-state index contributed by atoms with van der Waals surface area (Å²) in [5, 5.41) is 5.38. The van der Waals surface area contributed by atoms with E-state index in [9.17, 15) is 4.79 Å². The number of carbonyl (C=O) groups is 1. The Labute approximate surface area is 163 Å². The van der Waals surface area contributed by atoms with E-state index in [-0.39, 0.29) is 18.1 Å². The third kappa shape index (κ3) is 3.22. The van der Waals surface area contributed by atoms with E-state index in [1.165, 1.54) is 16.3 Å². The van der Waals surface area contributed by atoms with Gasteiger partial charge in [0.15, 0.2) is 0 Å². The molecular formula is C23H22N2O3. The number of hydrogen-bond acceptors (Lipinski definition) is 4. The van der Waals surface area contributed by atoms with Gasteiger partial charge in [-0.05, 0) is 47.4 Å². The van der Waals surface area contributed by atoms with Crippen LogP contribution in [0.2, 0.25) is 0 Å². The maximum Gasteiger partial charge on any atom is 0.249 e. The second kappa shape index (κ2) is 7.24. The van der Waals surface area contributed by atoms with Crippen molar-refractivity contribution in [2.45, 2.75) is 31.5 Å². The van der Waals surface area contributed by atoms with Crippen molar-refractivity contribution in [1.82, 2.24) is 10.3 Å². The third-order valence-corrected chi connectivity index (χ3v) is 5.53. The Bertz CT molecular complexity index is 1010. The molecule has 1 aromatic heterocycles. The Morgan fingerprint density at radius 3 is 2.96 bits per heavy atom. The van der Waals surface area contributed by atoms with Crippen molar-refractivity contribution in [3.8, 4) is 16.9 Å². The number of hydrogen-bond donors (Lipinski definition) is 1. The van der Waals surface area contributed by atoms with Gasteiger partial charge in [-0.25, -0.2) is 0 Å². The molecule has 5 heteroatoms. The predicted octanol–water partition coefficient (Wildman–Crippen LogP) is 3.50. The molecule has 0 aliphatic carbocycles. The van der Waals surface area contributed by atoms with Gasteiger partial charge in [-0.3, -0.25) is 9.78 Å². The Balaban J connectivity index is 1.33. The van der Waals surface area contributed by atoms with E-state index in [1.54, 1.807) is 6.20 Å². The second-order valence-corrected chi connectivity index (χ2v) is 7.41. The Morgan fingerprint density at radius 1 is 1.18 bits per heavy atom. The number of fused-ring (bicyclic) bond motifs is 3. The zero-order chi connectivity index (χ0) is 18.9. The zero-order valence-corrected chi connectivity index (χ0v) is 15.6. The van der Waals surface area contributed by atoms with Gasteiger partial charge in [-0.2, -0.15) is 0 Å². The lowest BCUT2D eigenvalue weighted by Crippen LogP contribution is -2.40. The van der Waals surface area contributed by atoms with E-state index >= 15 is 0 Å². The Hall–Kier alpha value is -2.92. The highest BCUT2D eigenvalue weighted by molar-refractivity contribution is 5.91. The van der Waals surface area contributed by atoms with Crippen molar-refractivity contribution in [2.24, 2.45) is 0 Å². The lowest BCUT2D eigenvalue weighted by molar-refractivity contribution is -0.130. The summed E-state index contributed by atoms with van der Waals surface area (Å²) in [5.41, 5.74) is 3.47. The van der Waals surface area contributed by atoms with Crippen LogP contribution in [0.4, 0.5) is 0 Å². The molecule has 2 aromatic carbocycles. The largest absolute Gasteiger partial charge is 0.488 e. The predicted molar refractivity (Wildman–Crippen MR) is 107 cm³/mol. The average molecular weight is 374 g/mol. The highest BCUT2D eigenvalue weighted by Gasteiger charge is 2.28. The molecule has 1 N–H and O–H groups in total. The van der Waals surface area contributed by atoms with Gasteiger partial charge < -0.3 is 14.8 Å². The van der Waals surface area contributed by atoms with Crippen molar-refractivity contribution >= 4 is 16.7 Å². The Kier molecular flexibility index (Phi) is 4.45. The number of aromatic nitrogens is 1. The molecule has 0 saturated carbocycles. The molecule has 1 amide bonds. The van der Waals surface area contributed by atoms with Crippen LogP contribution >= 0.6 is 0 Å². The summed E-state index contributed by atoms with van der Waals surface area (Å²) in [6.45, 7) is 1.18. The third-order valence-electron chi connectivity index (χ3n) is 5.53. The van der Waals surface area contributed by atoms with Crippen molar-refractivity contribution < 1.29 is 14.3 Å². The number of benzene rings is 2. The molecule has 2 aliphatic rings. The van der Waals surface area contributed by atoms with Crippen molar-refractivity contribution in [1.29, 1.82) is 0 Å². The van der Waals surface area contributed by atoms with Gasteiger partial charge in [-0.1, -0.05) is 24.3 Å². The fourth-order valence-electron chi connectivity index (χ4n) is 4.08. The van der Waals surface area contributed by atoms with E-state index in [0.29, 0.717) is 13.2 Å². The summed E-state index contributed by atoms with van der Waals surface area (Å²) in [4.78, 5) is 16.4. The number of carbonyl (C=O) groups excluding carboxylic acids is 1. The van der Waals surface area contributed by atoms with E-state index < -0.39 is 0 Å². The number of nitrogens with one attached hydrogen (secondary N) is 1. The SMILES string of the molecule is O=C(NC[C@@H]1Cc2c(ccc3cc(-c4cccnc4)ccc23)O1)[C@H]1CCCO1. The molecule has 0 unspecified atom stereocenters. The van der Waals surface area contributed by atoms with Crippen LogP contribution in [0.5, 0.6) is 5.75 Å². The number of amides is 1. The standard InChI is InChI=1S/C23H22N2O3/c26-23(22-4-2-10-27-22)25-14-18-12-20-19-7-5-15(17-3-1-9-24-13-17)11-16(19)6-8-21(20)28-18/h1,3,5-9,11,13,18,22H,2,4,10,12,14H2,(H,25,26)/t18-,22+/m0/s1. The van der Waals surface area contributed by atoms with Crippen LogP contribution in [0, 0.1) is 0 Å². The monoisotopic (exact) mass is 374 g/mol. The maximum absolute atomic E-state index is 12.2. The first kappa shape index (κ1) is 17.2. The minimum absolute atomic E-state index is 0.0250. The number of ether oxygens (including phenoxy) is 2. The van der Waals surface area contributed by atoms with Crippen molar-refractivity contribution in [2.75, 3.05) is 13.2 Å². The topological polar surface area (TPSA) is 60.5 Å². The van der Waals surface area contributed by atoms with Crippen LogP contribution in [0.15, 0.2) is 54.9 Å². The molecule has 1 saturated heterocycles. The van der Waals surface area contributed by atoms with Crippen LogP contribution in [0.1, 0.15) is 18.4 Å². The second-order valence-electron chi connectivity index (χ2n) is 7.41. The quantitative estimate of drug-likeness (QED) is 0.759. The van der Waals surface area contributed by atoms with Crippen LogP contribution < -0.4 is 10.1 Å². The van der Waals surface area contributed by atoms with Crippen LogP contribution in [0.3, 0.4) is 0 Å². The van der Waals surface area contributed by atoms with Gasteiger partial charge in [0, 0.05) is 36.5 Å². The summed E-state index contributed by atoms with van der Waals surface area (Å²) in [7, 11) is 0. The maximum atomic E-state index is 12.2. The van der Waals surface area contributed by atoms with Crippen LogP contribution in [0.25, 0.3) is 21.9 Å². The molecule has 0 radical (unpaired) electrons. The lowest BCUT2D eigenvalue weighted by Gasteiger charge is -2.14. The molecule has 28 heavy (non-hydrogen) atoms. The minimum Gasteiger partial charge on any atom is -0.488 e. The van der Waals surface area contributed by atoms with Gasteiger partial charge in [0.25, 0.3) is 0 Å². The molecule has 2 aliphatic heterocycles. The fourth-order valence-corrected chi connectivity index (χ4v) is 4.08. The summed E-state index contributed by atoms with van der Waals surface area (Å²) < 4.78 is 11.5. The van der Waals surface area contributed by atoms with Gasteiger partial charge in [0.2, 0.25) is 5.91 Å². The van der Waals surface area contributed by atoms with Crippen LogP contribution in [-0.2, 0) is 16.0 Å². The minimum atomic E-state index is -0.296.